The number of rotatable bonds is 8. The van der Waals surface area contributed by atoms with Crippen LogP contribution in [0.4, 0.5) is 9.59 Å². The van der Waals surface area contributed by atoms with Gasteiger partial charge in [-0.3, -0.25) is 9.69 Å². The maximum atomic E-state index is 13.6. The van der Waals surface area contributed by atoms with Crippen LogP contribution in [0.5, 0.6) is 0 Å². The zero-order valence-electron chi connectivity index (χ0n) is 33.0. The number of ether oxygens (including phenoxy) is 2. The predicted octanol–water partition coefficient (Wildman–Crippen LogP) is 8.79. The monoisotopic (exact) mass is 757 g/mol. The fraction of sp³-hybridized carbons (Fsp3) is 0.432. The second-order valence-corrected chi connectivity index (χ2v) is 16.8. The van der Waals surface area contributed by atoms with Crippen molar-refractivity contribution in [1.82, 2.24) is 35.1 Å². The van der Waals surface area contributed by atoms with Gasteiger partial charge >= 0.3 is 12.2 Å². The number of amides is 3. The van der Waals surface area contributed by atoms with E-state index in [2.05, 4.69) is 75.9 Å². The smallest absolute Gasteiger partial charge is 0.411 e. The van der Waals surface area contributed by atoms with E-state index >= 15 is 0 Å². The number of alkyl carbamates (subject to hydrolysis) is 1. The minimum atomic E-state index is -0.679. The van der Waals surface area contributed by atoms with E-state index in [1.807, 2.05) is 56.8 Å². The third-order valence-corrected chi connectivity index (χ3v) is 11.6. The van der Waals surface area contributed by atoms with Crippen LogP contribution in [-0.2, 0) is 14.3 Å². The van der Waals surface area contributed by atoms with Gasteiger partial charge in [0.05, 0.1) is 43.0 Å². The van der Waals surface area contributed by atoms with E-state index in [0.29, 0.717) is 12.5 Å². The van der Waals surface area contributed by atoms with Crippen molar-refractivity contribution in [2.24, 2.45) is 11.8 Å². The molecule has 12 heteroatoms. The second-order valence-electron chi connectivity index (χ2n) is 16.8. The quantitative estimate of drug-likeness (QED) is 0.143. The van der Waals surface area contributed by atoms with Gasteiger partial charge in [0.1, 0.15) is 23.3 Å². The molecule has 3 N–H and O–H groups in total. The maximum Gasteiger partial charge on any atom is 0.411 e. The molecule has 5 atom stereocenters. The van der Waals surface area contributed by atoms with E-state index in [-0.39, 0.29) is 36.0 Å². The van der Waals surface area contributed by atoms with E-state index in [1.165, 1.54) is 7.11 Å². The molecule has 3 fully saturated rings. The molecule has 292 valence electrons. The molecule has 0 unspecified atom stereocenters. The lowest BCUT2D eigenvalue weighted by molar-refractivity contribution is -0.135. The number of aromatic amines is 2. The molecule has 3 amide bonds. The van der Waals surface area contributed by atoms with Crippen LogP contribution in [0.3, 0.4) is 0 Å². The summed E-state index contributed by atoms with van der Waals surface area (Å²) in [7, 11) is 1.30. The molecular formula is C44H51N7O5. The molecule has 4 heterocycles. The van der Waals surface area contributed by atoms with Crippen molar-refractivity contribution >= 4 is 28.9 Å². The topological polar surface area (TPSA) is 146 Å². The zero-order valence-corrected chi connectivity index (χ0v) is 33.0. The summed E-state index contributed by atoms with van der Waals surface area (Å²) in [6.45, 7) is 10.1. The Labute approximate surface area is 327 Å². The highest BCUT2D eigenvalue weighted by Crippen LogP contribution is 2.50. The Hall–Kier alpha value is -5.65. The van der Waals surface area contributed by atoms with Crippen LogP contribution in [0.15, 0.2) is 73.1 Å². The first-order valence-electron chi connectivity index (χ1n) is 19.8. The molecule has 2 saturated heterocycles. The van der Waals surface area contributed by atoms with Crippen LogP contribution < -0.4 is 5.32 Å². The molecule has 2 aromatic heterocycles. The van der Waals surface area contributed by atoms with Crippen molar-refractivity contribution in [2.45, 2.75) is 96.5 Å². The van der Waals surface area contributed by atoms with Crippen molar-refractivity contribution < 1.29 is 23.9 Å². The van der Waals surface area contributed by atoms with Gasteiger partial charge in [-0.2, -0.15) is 0 Å². The average Bonchev–Trinajstić information content (AvgIpc) is 4.04. The van der Waals surface area contributed by atoms with Gasteiger partial charge in [0.25, 0.3) is 0 Å². The van der Waals surface area contributed by atoms with Crippen LogP contribution in [0, 0.1) is 11.8 Å². The Morgan fingerprint density at radius 1 is 0.821 bits per heavy atom. The number of imidazole rings is 2. The van der Waals surface area contributed by atoms with Crippen LogP contribution in [0.25, 0.3) is 44.4 Å². The number of hydrogen-bond acceptors (Lipinski definition) is 7. The largest absolute Gasteiger partial charge is 0.453 e. The third-order valence-electron chi connectivity index (χ3n) is 11.6. The number of likely N-dealkylation sites (tertiary alicyclic amines) is 2. The number of carbonyl (C=O) groups excluding carboxylic acids is 3. The minimum absolute atomic E-state index is 0.0963. The normalized spacial score (nSPS) is 21.2. The van der Waals surface area contributed by atoms with Crippen LogP contribution >= 0.6 is 0 Å². The SMILES string of the molecule is COC(=O)N[C@H](C(=O)N1CCC[C@H]1c1ncc(-c2ccc3cc(-c4ccc(-c5cnc([C@@H]6[C@@H]7CC[C@H](C7)N6C(=O)OC(C)(C)C)[nH]5)cc4)ccc3c2)[nH]1)C(C)C. The first kappa shape index (κ1) is 37.3. The second kappa shape index (κ2) is 14.8. The van der Waals surface area contributed by atoms with Gasteiger partial charge in [-0.1, -0.05) is 62.4 Å². The number of piperidine rings is 1. The Bertz CT molecular complexity index is 2250. The molecule has 2 aliphatic heterocycles. The number of hydrogen-bond donors (Lipinski definition) is 3. The maximum absolute atomic E-state index is 13.6. The molecule has 3 aliphatic rings. The zero-order chi connectivity index (χ0) is 39.3. The molecule has 0 radical (unpaired) electrons. The number of carbonyl (C=O) groups is 3. The molecule has 2 bridgehead atoms. The van der Waals surface area contributed by atoms with Crippen LogP contribution in [-0.4, -0.2) is 79.2 Å². The Kier molecular flexibility index (Phi) is 9.84. The summed E-state index contributed by atoms with van der Waals surface area (Å²) < 4.78 is 10.6. The standard InChI is InChI=1S/C44H51N7O5/c1-25(2)37(49-42(53)55-6)41(52)50-19-7-8-36(50)39-45-24-35(47-39)31-16-15-29-20-28(13-14-30(29)21-31)26-9-11-27(12-10-26)34-23-46-40(48-34)38-32-17-18-33(22-32)51(38)43(54)56-44(3,4)5/h9-16,20-21,23-25,32-33,36-38H,7-8,17-19,22H2,1-6H3,(H,45,47)(H,46,48)(H,49,53)/t32-,33-,36+,37+,38+/m1/s1. The summed E-state index contributed by atoms with van der Waals surface area (Å²) in [6, 6.07) is 20.6. The number of methoxy groups -OCH3 is 1. The molecule has 1 aliphatic carbocycles. The van der Waals surface area contributed by atoms with Gasteiger partial charge in [0.15, 0.2) is 0 Å². The highest BCUT2D eigenvalue weighted by Gasteiger charge is 2.51. The van der Waals surface area contributed by atoms with E-state index in [1.54, 1.807) is 0 Å². The van der Waals surface area contributed by atoms with E-state index in [4.69, 9.17) is 19.4 Å². The van der Waals surface area contributed by atoms with Gasteiger partial charge in [0, 0.05) is 18.2 Å². The van der Waals surface area contributed by atoms with Gasteiger partial charge in [-0.05, 0) is 104 Å². The van der Waals surface area contributed by atoms with Crippen molar-refractivity contribution in [3.8, 4) is 33.6 Å². The number of fused-ring (bicyclic) bond motifs is 3. The fourth-order valence-electron chi connectivity index (χ4n) is 8.83. The highest BCUT2D eigenvalue weighted by atomic mass is 16.6. The number of nitrogens with zero attached hydrogens (tertiary/aromatic N) is 4. The molecule has 8 rings (SSSR count). The first-order chi connectivity index (χ1) is 26.9. The molecule has 0 spiro atoms. The molecule has 5 aromatic rings. The van der Waals surface area contributed by atoms with Crippen molar-refractivity contribution in [3.63, 3.8) is 0 Å². The van der Waals surface area contributed by atoms with E-state index in [0.717, 1.165) is 88.2 Å². The fourth-order valence-corrected chi connectivity index (χ4v) is 8.83. The van der Waals surface area contributed by atoms with Crippen molar-refractivity contribution in [3.05, 3.63) is 84.7 Å². The molecule has 3 aromatic carbocycles. The minimum Gasteiger partial charge on any atom is -0.453 e. The summed E-state index contributed by atoms with van der Waals surface area (Å²) in [5.74, 6) is 1.72. The van der Waals surface area contributed by atoms with Gasteiger partial charge in [0.2, 0.25) is 5.91 Å². The Morgan fingerprint density at radius 3 is 2.14 bits per heavy atom. The van der Waals surface area contributed by atoms with Gasteiger partial charge in [-0.25, -0.2) is 19.6 Å². The lowest BCUT2D eigenvalue weighted by Crippen LogP contribution is -2.51. The number of nitrogens with one attached hydrogen (secondary N) is 3. The molecule has 12 nitrogen and oxygen atoms in total. The molecule has 56 heavy (non-hydrogen) atoms. The summed E-state index contributed by atoms with van der Waals surface area (Å²) >= 11 is 0. The predicted molar refractivity (Wildman–Crippen MR) is 214 cm³/mol. The Balaban J connectivity index is 0.955. The van der Waals surface area contributed by atoms with E-state index in [9.17, 15) is 14.4 Å². The van der Waals surface area contributed by atoms with Crippen LogP contribution in [0.2, 0.25) is 0 Å². The summed E-state index contributed by atoms with van der Waals surface area (Å²) in [5.41, 5.74) is 5.53. The Morgan fingerprint density at radius 2 is 1.45 bits per heavy atom. The number of benzene rings is 3. The average molecular weight is 758 g/mol. The van der Waals surface area contributed by atoms with Crippen molar-refractivity contribution in [1.29, 1.82) is 0 Å². The molecule has 1 saturated carbocycles. The van der Waals surface area contributed by atoms with Gasteiger partial charge < -0.3 is 29.7 Å². The number of H-pyrrole nitrogens is 2. The third kappa shape index (κ3) is 7.24. The summed E-state index contributed by atoms with van der Waals surface area (Å²) in [6.07, 6.45) is 7.59. The number of aromatic nitrogens is 4. The van der Waals surface area contributed by atoms with E-state index < -0.39 is 17.7 Å². The first-order valence-corrected chi connectivity index (χ1v) is 19.8. The van der Waals surface area contributed by atoms with Crippen molar-refractivity contribution in [2.75, 3.05) is 13.7 Å². The van der Waals surface area contributed by atoms with Crippen LogP contribution in [0.1, 0.15) is 90.5 Å². The highest BCUT2D eigenvalue weighted by molar-refractivity contribution is 5.91. The molecular weight excluding hydrogens is 707 g/mol. The summed E-state index contributed by atoms with van der Waals surface area (Å²) in [5, 5.41) is 4.94. The lowest BCUT2D eigenvalue weighted by atomic mass is 9.98. The van der Waals surface area contributed by atoms with Gasteiger partial charge in [-0.15, -0.1) is 0 Å². The lowest BCUT2D eigenvalue weighted by Gasteiger charge is -2.35. The summed E-state index contributed by atoms with van der Waals surface area (Å²) in [4.78, 5) is 59.0.